The summed E-state index contributed by atoms with van der Waals surface area (Å²) in [6.45, 7) is 3.25. The first-order valence-electron chi connectivity index (χ1n) is 7.09. The van der Waals surface area contributed by atoms with Crippen molar-refractivity contribution in [3.05, 3.63) is 34.3 Å². The van der Waals surface area contributed by atoms with E-state index < -0.39 is 0 Å². The summed E-state index contributed by atoms with van der Waals surface area (Å²) in [5.74, 6) is 0. The molecule has 0 spiro atoms. The Morgan fingerprint density at radius 3 is 2.47 bits per heavy atom. The van der Waals surface area contributed by atoms with Crippen LogP contribution in [0.15, 0.2) is 28.7 Å². The molecule has 4 heteroatoms. The highest BCUT2D eigenvalue weighted by Gasteiger charge is 2.33. The molecule has 1 aromatic carbocycles. The molecule has 2 aliphatic heterocycles. The van der Waals surface area contributed by atoms with Crippen LogP contribution < -0.4 is 5.73 Å². The lowest BCUT2D eigenvalue weighted by atomic mass is 10.0. The summed E-state index contributed by atoms with van der Waals surface area (Å²) in [4.78, 5) is 2.52. The summed E-state index contributed by atoms with van der Waals surface area (Å²) in [5, 5.41) is 0. The van der Waals surface area contributed by atoms with Crippen molar-refractivity contribution < 1.29 is 4.74 Å². The number of benzene rings is 1. The van der Waals surface area contributed by atoms with Gasteiger partial charge in [-0.25, -0.2) is 0 Å². The predicted molar refractivity (Wildman–Crippen MR) is 80.0 cm³/mol. The van der Waals surface area contributed by atoms with Gasteiger partial charge in [0.25, 0.3) is 0 Å². The van der Waals surface area contributed by atoms with Gasteiger partial charge in [0.2, 0.25) is 0 Å². The van der Waals surface area contributed by atoms with E-state index in [4.69, 9.17) is 10.5 Å². The van der Waals surface area contributed by atoms with Gasteiger partial charge in [-0.3, -0.25) is 4.90 Å². The van der Waals surface area contributed by atoms with E-state index in [1.807, 2.05) is 0 Å². The highest BCUT2D eigenvalue weighted by atomic mass is 79.9. The van der Waals surface area contributed by atoms with Gasteiger partial charge in [-0.15, -0.1) is 0 Å². The zero-order valence-electron chi connectivity index (χ0n) is 11.1. The maximum Gasteiger partial charge on any atom is 0.0707 e. The molecule has 2 saturated heterocycles. The van der Waals surface area contributed by atoms with Gasteiger partial charge in [0.1, 0.15) is 0 Å². The predicted octanol–water partition coefficient (Wildman–Crippen LogP) is 2.70. The Balaban J connectivity index is 1.50. The summed E-state index contributed by atoms with van der Waals surface area (Å²) >= 11 is 3.45. The van der Waals surface area contributed by atoms with E-state index in [1.165, 1.54) is 18.4 Å². The molecule has 104 valence electrons. The van der Waals surface area contributed by atoms with Crippen molar-refractivity contribution in [1.82, 2.24) is 4.90 Å². The molecule has 2 aliphatic rings. The number of likely N-dealkylation sites (tertiary alicyclic amines) is 1. The number of hydrogen-bond donors (Lipinski definition) is 1. The first-order valence-corrected chi connectivity index (χ1v) is 7.89. The fourth-order valence-electron chi connectivity index (χ4n) is 3.08. The quantitative estimate of drug-likeness (QED) is 0.925. The lowest BCUT2D eigenvalue weighted by molar-refractivity contribution is -0.0388. The van der Waals surface area contributed by atoms with Crippen LogP contribution in [-0.4, -0.2) is 36.7 Å². The second-order valence-electron chi connectivity index (χ2n) is 5.66. The Labute approximate surface area is 123 Å². The number of morpholine rings is 1. The molecule has 1 aromatic rings. The van der Waals surface area contributed by atoms with Crippen molar-refractivity contribution in [3.63, 3.8) is 0 Å². The first kappa shape index (κ1) is 13.6. The van der Waals surface area contributed by atoms with Crippen LogP contribution in [0.4, 0.5) is 0 Å². The molecule has 0 radical (unpaired) electrons. The number of nitrogens with two attached hydrogens (primary N) is 1. The number of rotatable bonds is 4. The topological polar surface area (TPSA) is 38.5 Å². The van der Waals surface area contributed by atoms with Gasteiger partial charge in [0, 0.05) is 30.1 Å². The third-order valence-corrected chi connectivity index (χ3v) is 4.70. The molecule has 2 fully saturated rings. The van der Waals surface area contributed by atoms with Crippen LogP contribution in [0.5, 0.6) is 0 Å². The van der Waals surface area contributed by atoms with Crippen molar-refractivity contribution >= 4 is 15.9 Å². The highest BCUT2D eigenvalue weighted by Crippen LogP contribution is 2.27. The van der Waals surface area contributed by atoms with Crippen molar-refractivity contribution in [2.75, 3.05) is 19.6 Å². The average Bonchev–Trinajstić information content (AvgIpc) is 2.76. The zero-order valence-corrected chi connectivity index (χ0v) is 12.7. The first-order chi connectivity index (χ1) is 9.20. The second-order valence-corrected chi connectivity index (χ2v) is 6.58. The van der Waals surface area contributed by atoms with Crippen molar-refractivity contribution in [1.29, 1.82) is 0 Å². The Hall–Kier alpha value is -0.420. The Morgan fingerprint density at radius 1 is 1.21 bits per heavy atom. The van der Waals surface area contributed by atoms with E-state index in [9.17, 15) is 0 Å². The van der Waals surface area contributed by atoms with E-state index in [1.54, 1.807) is 0 Å². The summed E-state index contributed by atoms with van der Waals surface area (Å²) < 4.78 is 6.96. The van der Waals surface area contributed by atoms with Gasteiger partial charge >= 0.3 is 0 Å². The van der Waals surface area contributed by atoms with Gasteiger partial charge in [0.05, 0.1) is 12.2 Å². The van der Waals surface area contributed by atoms with Crippen LogP contribution in [-0.2, 0) is 4.74 Å². The lowest BCUT2D eigenvalue weighted by Gasteiger charge is -2.32. The maximum atomic E-state index is 6.27. The maximum absolute atomic E-state index is 6.27. The number of halogens is 1. The molecule has 0 saturated carbocycles. The number of fused-ring (bicyclic) bond motifs is 2. The number of hydrogen-bond acceptors (Lipinski definition) is 3. The zero-order chi connectivity index (χ0) is 13.2. The molecule has 2 bridgehead atoms. The standard InChI is InChI=1S/C15H21BrN2O/c16-12-3-1-11(2-4-12)15(17)7-8-18-9-13-5-6-14(10-18)19-13/h1-4,13-15H,5-10,17H2. The summed E-state index contributed by atoms with van der Waals surface area (Å²) in [6, 6.07) is 8.47. The van der Waals surface area contributed by atoms with Gasteiger partial charge in [-0.2, -0.15) is 0 Å². The van der Waals surface area contributed by atoms with Crippen LogP contribution in [0.1, 0.15) is 30.9 Å². The largest absolute Gasteiger partial charge is 0.372 e. The molecular weight excluding hydrogens is 304 g/mol. The van der Waals surface area contributed by atoms with E-state index in [0.717, 1.165) is 30.5 Å². The second kappa shape index (κ2) is 5.92. The van der Waals surface area contributed by atoms with Crippen LogP contribution >= 0.6 is 15.9 Å². The van der Waals surface area contributed by atoms with Gasteiger partial charge < -0.3 is 10.5 Å². The molecule has 3 nitrogen and oxygen atoms in total. The fraction of sp³-hybridized carbons (Fsp3) is 0.600. The molecule has 3 rings (SSSR count). The van der Waals surface area contributed by atoms with Crippen LogP contribution in [0.2, 0.25) is 0 Å². The Kier molecular flexibility index (Phi) is 4.22. The van der Waals surface area contributed by atoms with Crippen LogP contribution in [0.25, 0.3) is 0 Å². The molecule has 2 N–H and O–H groups in total. The minimum Gasteiger partial charge on any atom is -0.372 e. The SMILES string of the molecule is NC(CCN1CC2CCC(C1)O2)c1ccc(Br)cc1. The minimum absolute atomic E-state index is 0.133. The van der Waals surface area contributed by atoms with E-state index in [0.29, 0.717) is 12.2 Å². The number of ether oxygens (including phenoxy) is 1. The molecule has 3 atom stereocenters. The Bertz CT molecular complexity index is 411. The number of nitrogens with zero attached hydrogens (tertiary/aromatic N) is 1. The third-order valence-electron chi connectivity index (χ3n) is 4.17. The van der Waals surface area contributed by atoms with Gasteiger partial charge in [-0.05, 0) is 37.0 Å². The molecule has 2 heterocycles. The summed E-state index contributed by atoms with van der Waals surface area (Å²) in [6.07, 6.45) is 4.44. The van der Waals surface area contributed by atoms with E-state index >= 15 is 0 Å². The molecule has 0 aromatic heterocycles. The van der Waals surface area contributed by atoms with Gasteiger partial charge in [-0.1, -0.05) is 28.1 Å². The van der Waals surface area contributed by atoms with Gasteiger partial charge in [0.15, 0.2) is 0 Å². The van der Waals surface area contributed by atoms with E-state index in [-0.39, 0.29) is 6.04 Å². The molecular formula is C15H21BrN2O. The smallest absolute Gasteiger partial charge is 0.0707 e. The van der Waals surface area contributed by atoms with E-state index in [2.05, 4.69) is 45.1 Å². The van der Waals surface area contributed by atoms with Crippen molar-refractivity contribution in [3.8, 4) is 0 Å². The van der Waals surface area contributed by atoms with Crippen molar-refractivity contribution in [2.45, 2.75) is 37.5 Å². The molecule has 19 heavy (non-hydrogen) atoms. The normalized spacial score (nSPS) is 28.5. The van der Waals surface area contributed by atoms with Crippen molar-refractivity contribution in [2.24, 2.45) is 5.73 Å². The van der Waals surface area contributed by atoms with Crippen LogP contribution in [0, 0.1) is 0 Å². The minimum atomic E-state index is 0.133. The van der Waals surface area contributed by atoms with Crippen LogP contribution in [0.3, 0.4) is 0 Å². The third kappa shape index (κ3) is 3.37. The lowest BCUT2D eigenvalue weighted by Crippen LogP contribution is -2.43. The average molecular weight is 325 g/mol. The molecule has 3 unspecified atom stereocenters. The monoisotopic (exact) mass is 324 g/mol. The molecule has 0 aliphatic carbocycles. The fourth-order valence-corrected chi connectivity index (χ4v) is 3.34. The Morgan fingerprint density at radius 2 is 1.84 bits per heavy atom. The highest BCUT2D eigenvalue weighted by molar-refractivity contribution is 9.10. The summed E-state index contributed by atoms with van der Waals surface area (Å²) in [7, 11) is 0. The molecule has 0 amide bonds. The summed E-state index contributed by atoms with van der Waals surface area (Å²) in [5.41, 5.74) is 7.50.